The van der Waals surface area contributed by atoms with E-state index in [4.69, 9.17) is 4.52 Å². The Balaban J connectivity index is 1.80. The molecule has 23 heavy (non-hydrogen) atoms. The first-order chi connectivity index (χ1) is 10.8. The number of piperidine rings is 1. The zero-order valence-corrected chi connectivity index (χ0v) is 14.4. The van der Waals surface area contributed by atoms with Crippen molar-refractivity contribution >= 4 is 11.8 Å². The van der Waals surface area contributed by atoms with Crippen molar-refractivity contribution in [1.29, 1.82) is 0 Å². The maximum atomic E-state index is 12.3. The molecule has 0 spiro atoms. The van der Waals surface area contributed by atoms with Crippen LogP contribution in [0.5, 0.6) is 0 Å². The van der Waals surface area contributed by atoms with Gasteiger partial charge in [0.2, 0.25) is 17.7 Å². The van der Waals surface area contributed by atoms with Crippen LogP contribution in [0.1, 0.15) is 51.7 Å². The first-order valence-electron chi connectivity index (χ1n) is 8.13. The molecule has 2 rings (SSSR count). The van der Waals surface area contributed by atoms with Gasteiger partial charge in [-0.25, -0.2) is 0 Å². The van der Waals surface area contributed by atoms with Gasteiger partial charge >= 0.3 is 0 Å². The predicted octanol–water partition coefficient (Wildman–Crippen LogP) is 1.28. The monoisotopic (exact) mass is 322 g/mol. The second-order valence-corrected chi connectivity index (χ2v) is 7.03. The molecule has 7 nitrogen and oxygen atoms in total. The molecular weight excluding hydrogens is 296 g/mol. The van der Waals surface area contributed by atoms with Gasteiger partial charge in [-0.1, -0.05) is 25.9 Å². The molecule has 0 atom stereocenters. The zero-order valence-electron chi connectivity index (χ0n) is 14.4. The maximum Gasteiger partial charge on any atom is 0.227 e. The van der Waals surface area contributed by atoms with Crippen LogP contribution >= 0.6 is 0 Å². The molecule has 2 heterocycles. The van der Waals surface area contributed by atoms with Crippen LogP contribution in [0, 0.1) is 5.92 Å². The fraction of sp³-hybridized carbons (Fsp3) is 0.750. The molecule has 0 bridgehead atoms. The molecule has 0 aromatic carbocycles. The second kappa shape index (κ2) is 7.10. The summed E-state index contributed by atoms with van der Waals surface area (Å²) in [4.78, 5) is 30.0. The molecular formula is C16H26N4O3. The van der Waals surface area contributed by atoms with Crippen LogP contribution in [0.15, 0.2) is 4.52 Å². The lowest BCUT2D eigenvalue weighted by Crippen LogP contribution is -2.42. The fourth-order valence-electron chi connectivity index (χ4n) is 2.63. The van der Waals surface area contributed by atoms with Gasteiger partial charge in [0.25, 0.3) is 0 Å². The van der Waals surface area contributed by atoms with Crippen molar-refractivity contribution in [3.63, 3.8) is 0 Å². The number of hydrogen-bond donors (Lipinski definition) is 1. The van der Waals surface area contributed by atoms with Crippen LogP contribution in [-0.2, 0) is 21.4 Å². The third-order valence-electron chi connectivity index (χ3n) is 4.16. The first-order valence-corrected chi connectivity index (χ1v) is 8.13. The van der Waals surface area contributed by atoms with Crippen LogP contribution in [0.3, 0.4) is 0 Å². The minimum atomic E-state index is -0.159. The third-order valence-corrected chi connectivity index (χ3v) is 4.16. The molecule has 0 saturated carbocycles. The Hall–Kier alpha value is -1.92. The van der Waals surface area contributed by atoms with E-state index in [1.54, 1.807) is 7.05 Å². The smallest absolute Gasteiger partial charge is 0.227 e. The summed E-state index contributed by atoms with van der Waals surface area (Å²) in [6.45, 7) is 7.32. The van der Waals surface area contributed by atoms with Gasteiger partial charge in [-0.15, -0.1) is 0 Å². The number of amides is 2. The van der Waals surface area contributed by atoms with Gasteiger partial charge in [0.15, 0.2) is 5.82 Å². The number of nitrogens with one attached hydrogen (secondary N) is 1. The molecule has 1 aromatic rings. The van der Waals surface area contributed by atoms with Gasteiger partial charge in [-0.05, 0) is 12.8 Å². The average Bonchev–Trinajstić information content (AvgIpc) is 3.01. The molecule has 1 aliphatic heterocycles. The van der Waals surface area contributed by atoms with Gasteiger partial charge < -0.3 is 14.7 Å². The molecule has 1 fully saturated rings. The standard InChI is InChI=1S/C16H26N4O3/c1-16(2,3)15-18-12(23-19-15)5-6-13(21)20-9-7-11(8-10-20)14(22)17-4/h11H,5-10H2,1-4H3,(H,17,22). The van der Waals surface area contributed by atoms with E-state index in [2.05, 4.69) is 15.5 Å². The Morgan fingerprint density at radius 1 is 1.30 bits per heavy atom. The minimum Gasteiger partial charge on any atom is -0.359 e. The van der Waals surface area contributed by atoms with Gasteiger partial charge in [-0.2, -0.15) is 4.98 Å². The summed E-state index contributed by atoms with van der Waals surface area (Å²) in [7, 11) is 1.65. The van der Waals surface area contributed by atoms with E-state index < -0.39 is 0 Å². The summed E-state index contributed by atoms with van der Waals surface area (Å²) < 4.78 is 5.21. The Morgan fingerprint density at radius 3 is 2.48 bits per heavy atom. The van der Waals surface area contributed by atoms with E-state index in [0.29, 0.717) is 37.6 Å². The van der Waals surface area contributed by atoms with Crippen molar-refractivity contribution in [2.45, 2.75) is 51.9 Å². The highest BCUT2D eigenvalue weighted by Crippen LogP contribution is 2.20. The highest BCUT2D eigenvalue weighted by atomic mass is 16.5. The van der Waals surface area contributed by atoms with Crippen molar-refractivity contribution in [3.8, 4) is 0 Å². The quantitative estimate of drug-likeness (QED) is 0.902. The maximum absolute atomic E-state index is 12.3. The Bertz CT molecular complexity index is 554. The zero-order chi connectivity index (χ0) is 17.0. The van der Waals surface area contributed by atoms with E-state index in [1.807, 2.05) is 25.7 Å². The summed E-state index contributed by atoms with van der Waals surface area (Å²) in [6, 6.07) is 0. The lowest BCUT2D eigenvalue weighted by molar-refractivity contribution is -0.135. The molecule has 0 unspecified atom stereocenters. The SMILES string of the molecule is CNC(=O)C1CCN(C(=O)CCc2nc(C(C)(C)C)no2)CC1. The Labute approximate surface area is 136 Å². The summed E-state index contributed by atoms with van der Waals surface area (Å²) >= 11 is 0. The number of nitrogens with zero attached hydrogens (tertiary/aromatic N) is 3. The van der Waals surface area contributed by atoms with Crippen LogP contribution in [0.2, 0.25) is 0 Å². The molecule has 1 aromatic heterocycles. The highest BCUT2D eigenvalue weighted by Gasteiger charge is 2.27. The van der Waals surface area contributed by atoms with Gasteiger partial charge in [0.05, 0.1) is 0 Å². The number of aryl methyl sites for hydroxylation is 1. The van der Waals surface area contributed by atoms with Crippen molar-refractivity contribution < 1.29 is 14.1 Å². The molecule has 0 aliphatic carbocycles. The number of carbonyl (C=O) groups is 2. The van der Waals surface area contributed by atoms with E-state index in [9.17, 15) is 9.59 Å². The first kappa shape index (κ1) is 17.4. The van der Waals surface area contributed by atoms with Crippen molar-refractivity contribution in [3.05, 3.63) is 11.7 Å². The molecule has 0 radical (unpaired) electrons. The number of hydrogen-bond acceptors (Lipinski definition) is 5. The second-order valence-electron chi connectivity index (χ2n) is 7.03. The molecule has 7 heteroatoms. The van der Waals surface area contributed by atoms with E-state index >= 15 is 0 Å². The third kappa shape index (κ3) is 4.53. The lowest BCUT2D eigenvalue weighted by atomic mass is 9.95. The Morgan fingerprint density at radius 2 is 1.96 bits per heavy atom. The van der Waals surface area contributed by atoms with Crippen LogP contribution in [-0.4, -0.2) is 47.0 Å². The number of carbonyl (C=O) groups excluding carboxylic acids is 2. The fourth-order valence-corrected chi connectivity index (χ4v) is 2.63. The predicted molar refractivity (Wildman–Crippen MR) is 84.7 cm³/mol. The average molecular weight is 322 g/mol. The topological polar surface area (TPSA) is 88.3 Å². The normalized spacial score (nSPS) is 16.4. The summed E-state index contributed by atoms with van der Waals surface area (Å²) in [5.74, 6) is 1.33. The van der Waals surface area contributed by atoms with E-state index in [-0.39, 0.29) is 23.1 Å². The number of likely N-dealkylation sites (tertiary alicyclic amines) is 1. The van der Waals surface area contributed by atoms with E-state index in [0.717, 1.165) is 12.8 Å². The van der Waals surface area contributed by atoms with Crippen molar-refractivity contribution in [2.75, 3.05) is 20.1 Å². The molecule has 128 valence electrons. The Kier molecular flexibility index (Phi) is 5.38. The van der Waals surface area contributed by atoms with Gasteiger partial charge in [-0.3, -0.25) is 9.59 Å². The number of aromatic nitrogens is 2. The van der Waals surface area contributed by atoms with Crippen LogP contribution in [0.4, 0.5) is 0 Å². The van der Waals surface area contributed by atoms with Gasteiger partial charge in [0, 0.05) is 44.3 Å². The lowest BCUT2D eigenvalue weighted by Gasteiger charge is -2.31. The largest absolute Gasteiger partial charge is 0.359 e. The molecule has 1 N–H and O–H groups in total. The molecule has 2 amide bonds. The molecule has 1 aliphatic rings. The number of rotatable bonds is 4. The van der Waals surface area contributed by atoms with Crippen LogP contribution in [0.25, 0.3) is 0 Å². The van der Waals surface area contributed by atoms with Crippen LogP contribution < -0.4 is 5.32 Å². The highest BCUT2D eigenvalue weighted by molar-refractivity contribution is 5.79. The summed E-state index contributed by atoms with van der Waals surface area (Å²) in [5.41, 5.74) is -0.159. The van der Waals surface area contributed by atoms with Crippen molar-refractivity contribution in [1.82, 2.24) is 20.4 Å². The van der Waals surface area contributed by atoms with Gasteiger partial charge in [0.1, 0.15) is 0 Å². The van der Waals surface area contributed by atoms with Crippen molar-refractivity contribution in [2.24, 2.45) is 5.92 Å². The summed E-state index contributed by atoms with van der Waals surface area (Å²) in [6.07, 6.45) is 2.26. The minimum absolute atomic E-state index is 0.0225. The molecule has 1 saturated heterocycles. The summed E-state index contributed by atoms with van der Waals surface area (Å²) in [5, 5.41) is 6.63. The van der Waals surface area contributed by atoms with E-state index in [1.165, 1.54) is 0 Å².